The van der Waals surface area contributed by atoms with Crippen molar-refractivity contribution < 1.29 is 5.11 Å². The molecule has 1 N–H and O–H groups in total. The van der Waals surface area contributed by atoms with Crippen LogP contribution in [0.2, 0.25) is 0 Å². The highest BCUT2D eigenvalue weighted by molar-refractivity contribution is 4.54. The lowest BCUT2D eigenvalue weighted by Crippen LogP contribution is -2.03. The molecule has 1 heteroatoms. The van der Waals surface area contributed by atoms with Crippen molar-refractivity contribution in [2.24, 2.45) is 0 Å². The second-order valence-electron chi connectivity index (χ2n) is 11.8. The second-order valence-corrected chi connectivity index (χ2v) is 11.8. The Labute approximate surface area is 224 Å². The molecule has 1 unspecified atom stereocenters. The van der Waals surface area contributed by atoms with Crippen molar-refractivity contribution in [3.8, 4) is 0 Å². The highest BCUT2D eigenvalue weighted by atomic mass is 16.3. The van der Waals surface area contributed by atoms with E-state index < -0.39 is 0 Å². The first-order valence-corrected chi connectivity index (χ1v) is 17.0. The molecule has 0 saturated carbocycles. The summed E-state index contributed by atoms with van der Waals surface area (Å²) in [7, 11) is 0. The predicted octanol–water partition coefficient (Wildman–Crippen LogP) is 12.5. The van der Waals surface area contributed by atoms with Crippen LogP contribution >= 0.6 is 0 Å². The van der Waals surface area contributed by atoms with Crippen molar-refractivity contribution in [1.29, 1.82) is 0 Å². The molecule has 0 spiro atoms. The van der Waals surface area contributed by atoms with Crippen molar-refractivity contribution in [2.75, 3.05) is 0 Å². The summed E-state index contributed by atoms with van der Waals surface area (Å²) in [6.07, 6.45) is 43.9. The zero-order chi connectivity index (χ0) is 25.5. The number of aliphatic hydroxyl groups excluding tert-OH is 1. The highest BCUT2D eigenvalue weighted by Gasteiger charge is 2.00. The fraction of sp³-hybridized carbons (Fsp3) is 1.00. The summed E-state index contributed by atoms with van der Waals surface area (Å²) in [6, 6.07) is 0. The van der Waals surface area contributed by atoms with Crippen LogP contribution < -0.4 is 0 Å². The molecule has 0 saturated heterocycles. The molecule has 0 amide bonds. The molecule has 0 aromatic carbocycles. The predicted molar refractivity (Wildman–Crippen MR) is 160 cm³/mol. The third kappa shape index (κ3) is 31.9. The lowest BCUT2D eigenvalue weighted by atomic mass is 10.0. The van der Waals surface area contributed by atoms with Crippen molar-refractivity contribution in [3.63, 3.8) is 0 Å². The number of rotatable bonds is 31. The third-order valence-corrected chi connectivity index (χ3v) is 8.11. The smallest absolute Gasteiger partial charge is 0.0537 e. The summed E-state index contributed by atoms with van der Waals surface area (Å²) in [4.78, 5) is 0. The van der Waals surface area contributed by atoms with Crippen LogP contribution in [-0.2, 0) is 0 Å². The van der Waals surface area contributed by atoms with Crippen LogP contribution in [0.3, 0.4) is 0 Å². The van der Waals surface area contributed by atoms with E-state index in [0.717, 1.165) is 12.8 Å². The number of unbranched alkanes of at least 4 members (excludes halogenated alkanes) is 28. The topological polar surface area (TPSA) is 20.2 Å². The van der Waals surface area contributed by atoms with Crippen LogP contribution in [0.4, 0.5) is 0 Å². The van der Waals surface area contributed by atoms with Gasteiger partial charge in [0.1, 0.15) is 0 Å². The maximum absolute atomic E-state index is 9.56. The van der Waals surface area contributed by atoms with E-state index in [-0.39, 0.29) is 6.10 Å². The Bertz CT molecular complexity index is 352. The minimum atomic E-state index is -0.0519. The van der Waals surface area contributed by atoms with Crippen LogP contribution in [-0.4, -0.2) is 11.2 Å². The van der Waals surface area contributed by atoms with Crippen molar-refractivity contribution >= 4 is 0 Å². The lowest BCUT2D eigenvalue weighted by Gasteiger charge is -2.06. The molecule has 212 valence electrons. The Kier molecular flexibility index (Phi) is 32.0. The summed E-state index contributed by atoms with van der Waals surface area (Å²) in [5.74, 6) is 0. The number of hydrogen-bond donors (Lipinski definition) is 1. The van der Waals surface area contributed by atoms with Gasteiger partial charge in [-0.15, -0.1) is 0 Å². The largest absolute Gasteiger partial charge is 0.393 e. The minimum absolute atomic E-state index is 0.0519. The zero-order valence-corrected chi connectivity index (χ0v) is 24.9. The molecule has 0 aromatic rings. The SMILES string of the molecule is CCCCCCCCCCCCCCCCCCCCCCCCCCCCCCCC(O)CC. The lowest BCUT2D eigenvalue weighted by molar-refractivity contribution is 0.156. The van der Waals surface area contributed by atoms with E-state index in [1.54, 1.807) is 0 Å². The zero-order valence-electron chi connectivity index (χ0n) is 24.9. The fourth-order valence-electron chi connectivity index (χ4n) is 5.43. The summed E-state index contributed by atoms with van der Waals surface area (Å²) < 4.78 is 0. The standard InChI is InChI=1S/C34H70O/c1-3-5-6-7-8-9-10-11-12-13-14-15-16-17-18-19-20-21-22-23-24-25-26-27-28-29-30-31-32-33-34(35)4-2/h34-35H,3-33H2,1-2H3. The first-order chi connectivity index (χ1) is 17.3. The average Bonchev–Trinajstić information content (AvgIpc) is 2.87. The Morgan fingerprint density at radius 2 is 0.514 bits per heavy atom. The van der Waals surface area contributed by atoms with Crippen molar-refractivity contribution in [1.82, 2.24) is 0 Å². The molecule has 0 rings (SSSR count). The Morgan fingerprint density at radius 1 is 0.314 bits per heavy atom. The van der Waals surface area contributed by atoms with Crippen molar-refractivity contribution in [3.05, 3.63) is 0 Å². The summed E-state index contributed by atoms with van der Waals surface area (Å²) in [5, 5.41) is 9.56. The van der Waals surface area contributed by atoms with E-state index in [1.165, 1.54) is 186 Å². The summed E-state index contributed by atoms with van der Waals surface area (Å²) in [5.41, 5.74) is 0. The Hall–Kier alpha value is -0.0400. The molecular formula is C34H70O. The van der Waals surface area contributed by atoms with Gasteiger partial charge < -0.3 is 5.11 Å². The van der Waals surface area contributed by atoms with Crippen molar-refractivity contribution in [2.45, 2.75) is 219 Å². The van der Waals surface area contributed by atoms with Crippen LogP contribution in [0.15, 0.2) is 0 Å². The molecule has 0 aliphatic heterocycles. The normalized spacial score (nSPS) is 12.4. The molecule has 0 aliphatic rings. The van der Waals surface area contributed by atoms with E-state index in [0.29, 0.717) is 0 Å². The molecule has 35 heavy (non-hydrogen) atoms. The van der Waals surface area contributed by atoms with Crippen LogP contribution in [0.5, 0.6) is 0 Å². The van der Waals surface area contributed by atoms with Gasteiger partial charge in [0.25, 0.3) is 0 Å². The summed E-state index contributed by atoms with van der Waals surface area (Å²) in [6.45, 7) is 4.38. The molecule has 1 atom stereocenters. The Balaban J connectivity index is 3.02. The molecule has 0 radical (unpaired) electrons. The first kappa shape index (κ1) is 35.0. The van der Waals surface area contributed by atoms with Gasteiger partial charge in [-0.25, -0.2) is 0 Å². The average molecular weight is 495 g/mol. The minimum Gasteiger partial charge on any atom is -0.393 e. The van der Waals surface area contributed by atoms with E-state index in [1.807, 2.05) is 0 Å². The maximum atomic E-state index is 9.56. The molecule has 0 bridgehead atoms. The molecule has 0 aliphatic carbocycles. The molecule has 0 fully saturated rings. The highest BCUT2D eigenvalue weighted by Crippen LogP contribution is 2.16. The van der Waals surface area contributed by atoms with Gasteiger partial charge in [-0.2, -0.15) is 0 Å². The van der Waals surface area contributed by atoms with Gasteiger partial charge in [0.05, 0.1) is 6.10 Å². The van der Waals surface area contributed by atoms with E-state index in [9.17, 15) is 5.11 Å². The van der Waals surface area contributed by atoms with E-state index >= 15 is 0 Å². The number of aliphatic hydroxyl groups is 1. The van der Waals surface area contributed by atoms with Gasteiger partial charge in [-0.1, -0.05) is 200 Å². The monoisotopic (exact) mass is 495 g/mol. The van der Waals surface area contributed by atoms with Gasteiger partial charge >= 0.3 is 0 Å². The maximum Gasteiger partial charge on any atom is 0.0537 e. The third-order valence-electron chi connectivity index (χ3n) is 8.11. The molecule has 0 heterocycles. The quantitative estimate of drug-likeness (QED) is 0.0950. The van der Waals surface area contributed by atoms with E-state index in [4.69, 9.17) is 0 Å². The van der Waals surface area contributed by atoms with Gasteiger partial charge in [-0.05, 0) is 12.8 Å². The van der Waals surface area contributed by atoms with Gasteiger partial charge in [0, 0.05) is 0 Å². The van der Waals surface area contributed by atoms with Gasteiger partial charge in [-0.3, -0.25) is 0 Å². The Morgan fingerprint density at radius 3 is 0.714 bits per heavy atom. The fourth-order valence-corrected chi connectivity index (χ4v) is 5.43. The van der Waals surface area contributed by atoms with Gasteiger partial charge in [0.2, 0.25) is 0 Å². The molecular weight excluding hydrogens is 424 g/mol. The van der Waals surface area contributed by atoms with Crippen LogP contribution in [0.25, 0.3) is 0 Å². The summed E-state index contributed by atoms with van der Waals surface area (Å²) >= 11 is 0. The van der Waals surface area contributed by atoms with Crippen LogP contribution in [0, 0.1) is 0 Å². The second kappa shape index (κ2) is 32.0. The van der Waals surface area contributed by atoms with Gasteiger partial charge in [0.15, 0.2) is 0 Å². The van der Waals surface area contributed by atoms with E-state index in [2.05, 4.69) is 13.8 Å². The molecule has 1 nitrogen and oxygen atoms in total. The number of hydrogen-bond acceptors (Lipinski definition) is 1. The van der Waals surface area contributed by atoms with Crippen LogP contribution in [0.1, 0.15) is 213 Å². The molecule has 0 aromatic heterocycles. The first-order valence-electron chi connectivity index (χ1n) is 17.0.